The van der Waals surface area contributed by atoms with Crippen LogP contribution in [0.25, 0.3) is 11.1 Å². The van der Waals surface area contributed by atoms with Gasteiger partial charge < -0.3 is 9.84 Å². The molecule has 150 valence electrons. The number of aliphatic hydroxyl groups excluding tert-OH is 1. The second-order valence-corrected chi connectivity index (χ2v) is 7.26. The summed E-state index contributed by atoms with van der Waals surface area (Å²) in [4.78, 5) is 8.87. The molecule has 1 N–H and O–H groups in total. The minimum Gasteiger partial charge on any atom is -0.497 e. The maximum atomic E-state index is 9.80. The molecule has 4 rings (SSSR count). The molecule has 2 aromatic heterocycles. The van der Waals surface area contributed by atoms with Crippen molar-refractivity contribution in [3.63, 3.8) is 0 Å². The van der Waals surface area contributed by atoms with Crippen LogP contribution in [0.15, 0.2) is 85.2 Å². The van der Waals surface area contributed by atoms with Gasteiger partial charge >= 0.3 is 0 Å². The van der Waals surface area contributed by atoms with Crippen LogP contribution >= 0.6 is 0 Å². The van der Waals surface area contributed by atoms with E-state index in [0.29, 0.717) is 6.42 Å². The van der Waals surface area contributed by atoms with Crippen LogP contribution in [0.4, 0.5) is 0 Å². The standard InChI is InChI=1S/C26H24N2O2/c1-30-26-16-20(15-25-7-3-5-9-28-25)12-23(17-26)22-11-19(10-21(13-22)18-29)14-24-6-2-4-8-27-24/h2-13,16-17,29H,14-15,18H2,1H3. The van der Waals surface area contributed by atoms with Crippen molar-refractivity contribution in [2.24, 2.45) is 0 Å². The summed E-state index contributed by atoms with van der Waals surface area (Å²) < 4.78 is 5.56. The summed E-state index contributed by atoms with van der Waals surface area (Å²) in [7, 11) is 1.68. The van der Waals surface area contributed by atoms with E-state index in [1.165, 1.54) is 0 Å². The number of hydrogen-bond donors (Lipinski definition) is 1. The van der Waals surface area contributed by atoms with Gasteiger partial charge in [0.1, 0.15) is 5.75 Å². The number of aliphatic hydroxyl groups is 1. The van der Waals surface area contributed by atoms with Crippen molar-refractivity contribution >= 4 is 0 Å². The highest BCUT2D eigenvalue weighted by Crippen LogP contribution is 2.29. The Balaban J connectivity index is 1.71. The Labute approximate surface area is 176 Å². The van der Waals surface area contributed by atoms with Crippen LogP contribution in [0.1, 0.15) is 28.1 Å². The second kappa shape index (κ2) is 9.33. The van der Waals surface area contributed by atoms with Crippen LogP contribution in [0.5, 0.6) is 5.75 Å². The van der Waals surface area contributed by atoms with Crippen molar-refractivity contribution < 1.29 is 9.84 Å². The molecule has 2 heterocycles. The molecule has 30 heavy (non-hydrogen) atoms. The summed E-state index contributed by atoms with van der Waals surface area (Å²) in [6.07, 6.45) is 5.06. The molecule has 4 heteroatoms. The van der Waals surface area contributed by atoms with E-state index in [0.717, 1.165) is 51.4 Å². The third kappa shape index (κ3) is 4.91. The lowest BCUT2D eigenvalue weighted by Crippen LogP contribution is -1.97. The maximum absolute atomic E-state index is 9.80. The van der Waals surface area contributed by atoms with Crippen molar-refractivity contribution in [1.82, 2.24) is 9.97 Å². The lowest BCUT2D eigenvalue weighted by atomic mass is 9.95. The summed E-state index contributed by atoms with van der Waals surface area (Å²) in [6, 6.07) is 24.3. The van der Waals surface area contributed by atoms with Gasteiger partial charge in [-0.15, -0.1) is 0 Å². The largest absolute Gasteiger partial charge is 0.497 e. The predicted octanol–water partition coefficient (Wildman–Crippen LogP) is 4.83. The van der Waals surface area contributed by atoms with Crippen molar-refractivity contribution in [2.45, 2.75) is 19.4 Å². The summed E-state index contributed by atoms with van der Waals surface area (Å²) in [5.74, 6) is 0.805. The van der Waals surface area contributed by atoms with Crippen molar-refractivity contribution in [3.05, 3.63) is 113 Å². The van der Waals surface area contributed by atoms with Gasteiger partial charge in [-0.05, 0) is 70.3 Å². The van der Waals surface area contributed by atoms with Crippen LogP contribution < -0.4 is 4.74 Å². The highest BCUT2D eigenvalue weighted by Gasteiger charge is 2.09. The third-order valence-corrected chi connectivity index (χ3v) is 4.99. The van der Waals surface area contributed by atoms with E-state index in [9.17, 15) is 5.11 Å². The van der Waals surface area contributed by atoms with Crippen LogP contribution in [0.3, 0.4) is 0 Å². The van der Waals surface area contributed by atoms with Gasteiger partial charge in [0.2, 0.25) is 0 Å². The molecule has 0 aliphatic rings. The molecule has 0 saturated heterocycles. The summed E-state index contributed by atoms with van der Waals surface area (Å²) in [5, 5.41) is 9.80. The van der Waals surface area contributed by atoms with Gasteiger partial charge in [-0.2, -0.15) is 0 Å². The first-order valence-corrected chi connectivity index (χ1v) is 9.95. The first kappa shape index (κ1) is 19.8. The molecule has 4 nitrogen and oxygen atoms in total. The molecule has 0 unspecified atom stereocenters. The van der Waals surface area contributed by atoms with Gasteiger partial charge in [-0.3, -0.25) is 9.97 Å². The first-order chi connectivity index (χ1) is 14.7. The van der Waals surface area contributed by atoms with Crippen molar-refractivity contribution in [2.75, 3.05) is 7.11 Å². The smallest absolute Gasteiger partial charge is 0.119 e. The average molecular weight is 396 g/mol. The Morgan fingerprint density at radius 2 is 1.27 bits per heavy atom. The molecule has 4 aromatic rings. The molecule has 0 radical (unpaired) electrons. The summed E-state index contributed by atoms with van der Waals surface area (Å²) in [5.41, 5.74) is 7.24. The Hall–Kier alpha value is -3.50. The zero-order valence-corrected chi connectivity index (χ0v) is 17.0. The number of pyridine rings is 2. The molecule has 0 amide bonds. The molecular weight excluding hydrogens is 372 g/mol. The number of methoxy groups -OCH3 is 1. The van der Waals surface area contributed by atoms with Gasteiger partial charge in [0.15, 0.2) is 0 Å². The summed E-state index contributed by atoms with van der Waals surface area (Å²) in [6.45, 7) is -0.00613. The molecule has 0 saturated carbocycles. The molecule has 0 fully saturated rings. The predicted molar refractivity (Wildman–Crippen MR) is 118 cm³/mol. The number of aromatic nitrogens is 2. The minimum absolute atomic E-state index is 0.00613. The number of rotatable bonds is 7. The molecule has 0 aliphatic heterocycles. The lowest BCUT2D eigenvalue weighted by Gasteiger charge is -2.12. The minimum atomic E-state index is -0.00613. The Morgan fingerprint density at radius 3 is 1.80 bits per heavy atom. The average Bonchev–Trinajstić information content (AvgIpc) is 2.80. The summed E-state index contributed by atoms with van der Waals surface area (Å²) >= 11 is 0. The lowest BCUT2D eigenvalue weighted by molar-refractivity contribution is 0.282. The van der Waals surface area contributed by atoms with Crippen LogP contribution in [-0.2, 0) is 19.4 Å². The van der Waals surface area contributed by atoms with Crippen molar-refractivity contribution in [3.8, 4) is 16.9 Å². The fraction of sp³-hybridized carbons (Fsp3) is 0.154. The zero-order chi connectivity index (χ0) is 20.8. The number of benzene rings is 2. The van der Waals surface area contributed by atoms with Crippen LogP contribution in [0, 0.1) is 0 Å². The van der Waals surface area contributed by atoms with E-state index in [-0.39, 0.29) is 6.61 Å². The SMILES string of the molecule is COc1cc(Cc2ccccn2)cc(-c2cc(CO)cc(Cc3ccccn3)c2)c1. The van der Waals surface area contributed by atoms with Crippen LogP contribution in [0.2, 0.25) is 0 Å². The van der Waals surface area contributed by atoms with Gasteiger partial charge in [0, 0.05) is 36.6 Å². The van der Waals surface area contributed by atoms with E-state index in [4.69, 9.17) is 4.74 Å². The highest BCUT2D eigenvalue weighted by molar-refractivity contribution is 5.68. The fourth-order valence-electron chi connectivity index (χ4n) is 3.59. The van der Waals surface area contributed by atoms with Crippen LogP contribution in [-0.4, -0.2) is 22.2 Å². The Morgan fingerprint density at radius 1 is 0.700 bits per heavy atom. The number of ether oxygens (including phenoxy) is 1. The molecular formula is C26H24N2O2. The van der Waals surface area contributed by atoms with Crippen molar-refractivity contribution in [1.29, 1.82) is 0 Å². The highest BCUT2D eigenvalue weighted by atomic mass is 16.5. The Bertz CT molecular complexity index is 1020. The van der Waals surface area contributed by atoms with Gasteiger partial charge in [-0.25, -0.2) is 0 Å². The number of hydrogen-bond acceptors (Lipinski definition) is 4. The second-order valence-electron chi connectivity index (χ2n) is 7.26. The normalized spacial score (nSPS) is 10.7. The van der Waals surface area contributed by atoms with Gasteiger partial charge in [-0.1, -0.05) is 30.3 Å². The fourth-order valence-corrected chi connectivity index (χ4v) is 3.59. The van der Waals surface area contributed by atoms with E-state index in [1.54, 1.807) is 13.3 Å². The van der Waals surface area contributed by atoms with E-state index in [2.05, 4.69) is 22.1 Å². The monoisotopic (exact) mass is 396 g/mol. The van der Waals surface area contributed by atoms with Gasteiger partial charge in [0.05, 0.1) is 13.7 Å². The zero-order valence-electron chi connectivity index (χ0n) is 17.0. The van der Waals surface area contributed by atoms with E-state index >= 15 is 0 Å². The third-order valence-electron chi connectivity index (χ3n) is 4.99. The maximum Gasteiger partial charge on any atom is 0.119 e. The molecule has 0 aliphatic carbocycles. The molecule has 0 spiro atoms. The quantitative estimate of drug-likeness (QED) is 0.486. The molecule has 0 bridgehead atoms. The molecule has 0 atom stereocenters. The molecule has 2 aromatic carbocycles. The topological polar surface area (TPSA) is 55.2 Å². The van der Waals surface area contributed by atoms with Gasteiger partial charge in [0.25, 0.3) is 0 Å². The first-order valence-electron chi connectivity index (χ1n) is 9.95. The van der Waals surface area contributed by atoms with E-state index in [1.807, 2.05) is 66.9 Å². The number of nitrogens with zero attached hydrogens (tertiary/aromatic N) is 2. The van der Waals surface area contributed by atoms with E-state index < -0.39 is 0 Å². The Kier molecular flexibility index (Phi) is 6.16.